The van der Waals surface area contributed by atoms with E-state index in [1.165, 1.54) is 16.4 Å². The highest BCUT2D eigenvalue weighted by molar-refractivity contribution is 7.89. The van der Waals surface area contributed by atoms with Gasteiger partial charge in [0.15, 0.2) is 0 Å². The SMILES string of the molecule is CN1CCN(c2ccc(NC(=O)C3CCCN(S(=O)(=O)c4ccc(Cl)cc4)C3)cc2)CC1. The van der Waals surface area contributed by atoms with Gasteiger partial charge in [-0.3, -0.25) is 4.79 Å². The first kappa shape index (κ1) is 23.0. The molecule has 1 N–H and O–H groups in total. The molecule has 7 nitrogen and oxygen atoms in total. The van der Waals surface area contributed by atoms with Gasteiger partial charge in [0.25, 0.3) is 0 Å². The molecule has 2 fully saturated rings. The minimum atomic E-state index is -3.65. The molecule has 0 aromatic heterocycles. The normalized spacial score (nSPS) is 20.8. The van der Waals surface area contributed by atoms with E-state index in [2.05, 4.69) is 22.2 Å². The Labute approximate surface area is 195 Å². The third kappa shape index (κ3) is 5.26. The predicted molar refractivity (Wildman–Crippen MR) is 128 cm³/mol. The van der Waals surface area contributed by atoms with Gasteiger partial charge in [0.1, 0.15) is 0 Å². The molecule has 2 heterocycles. The second-order valence-corrected chi connectivity index (χ2v) is 10.9. The van der Waals surface area contributed by atoms with Gasteiger partial charge in [-0.05, 0) is 68.4 Å². The van der Waals surface area contributed by atoms with Crippen molar-refractivity contribution in [2.75, 3.05) is 56.5 Å². The number of piperidine rings is 1. The summed E-state index contributed by atoms with van der Waals surface area (Å²) in [5.41, 5.74) is 1.87. The average molecular weight is 477 g/mol. The Hall–Kier alpha value is -2.13. The summed E-state index contributed by atoms with van der Waals surface area (Å²) < 4.78 is 27.4. The molecule has 2 aromatic rings. The van der Waals surface area contributed by atoms with Crippen LogP contribution >= 0.6 is 11.6 Å². The third-order valence-electron chi connectivity index (χ3n) is 6.21. The van der Waals surface area contributed by atoms with E-state index in [9.17, 15) is 13.2 Å². The zero-order valence-electron chi connectivity index (χ0n) is 18.2. The van der Waals surface area contributed by atoms with Crippen LogP contribution in [0.15, 0.2) is 53.4 Å². The summed E-state index contributed by atoms with van der Waals surface area (Å²) in [5, 5.41) is 3.45. The maximum absolute atomic E-state index is 13.0. The number of benzene rings is 2. The first-order valence-electron chi connectivity index (χ1n) is 10.9. The van der Waals surface area contributed by atoms with E-state index in [4.69, 9.17) is 11.6 Å². The van der Waals surface area contributed by atoms with Crippen molar-refractivity contribution >= 4 is 38.9 Å². The summed E-state index contributed by atoms with van der Waals surface area (Å²) in [7, 11) is -1.53. The highest BCUT2D eigenvalue weighted by Crippen LogP contribution is 2.26. The maximum Gasteiger partial charge on any atom is 0.243 e. The summed E-state index contributed by atoms with van der Waals surface area (Å²) in [4.78, 5) is 17.7. The van der Waals surface area contributed by atoms with E-state index in [1.807, 2.05) is 24.3 Å². The van der Waals surface area contributed by atoms with Gasteiger partial charge < -0.3 is 15.1 Å². The lowest BCUT2D eigenvalue weighted by Crippen LogP contribution is -2.44. The zero-order chi connectivity index (χ0) is 22.7. The zero-order valence-corrected chi connectivity index (χ0v) is 19.8. The maximum atomic E-state index is 13.0. The molecule has 1 unspecified atom stereocenters. The summed E-state index contributed by atoms with van der Waals surface area (Å²) in [6.07, 6.45) is 1.31. The number of nitrogens with zero attached hydrogens (tertiary/aromatic N) is 3. The van der Waals surface area contributed by atoms with Crippen LogP contribution in [0, 0.1) is 5.92 Å². The molecular weight excluding hydrogens is 448 g/mol. The van der Waals surface area contributed by atoms with E-state index < -0.39 is 10.0 Å². The third-order valence-corrected chi connectivity index (χ3v) is 8.34. The van der Waals surface area contributed by atoms with E-state index in [0.717, 1.165) is 37.6 Å². The molecule has 2 saturated heterocycles. The molecule has 1 atom stereocenters. The minimum absolute atomic E-state index is 0.145. The molecule has 0 aliphatic carbocycles. The number of hydrogen-bond donors (Lipinski definition) is 1. The first-order chi connectivity index (χ1) is 15.3. The smallest absolute Gasteiger partial charge is 0.243 e. The molecule has 0 saturated carbocycles. The van der Waals surface area contributed by atoms with Gasteiger partial charge in [0.2, 0.25) is 15.9 Å². The second-order valence-electron chi connectivity index (χ2n) is 8.48. The van der Waals surface area contributed by atoms with Crippen molar-refractivity contribution in [1.29, 1.82) is 0 Å². The number of carbonyl (C=O) groups is 1. The van der Waals surface area contributed by atoms with E-state index >= 15 is 0 Å². The molecule has 0 spiro atoms. The fraction of sp³-hybridized carbons (Fsp3) is 0.435. The van der Waals surface area contributed by atoms with Crippen LogP contribution in [0.1, 0.15) is 12.8 Å². The van der Waals surface area contributed by atoms with Crippen molar-refractivity contribution in [3.8, 4) is 0 Å². The van der Waals surface area contributed by atoms with Crippen LogP contribution in [0.5, 0.6) is 0 Å². The molecule has 4 rings (SSSR count). The van der Waals surface area contributed by atoms with Crippen LogP contribution in [0.2, 0.25) is 5.02 Å². The van der Waals surface area contributed by atoms with Crippen LogP contribution in [0.25, 0.3) is 0 Å². The number of hydrogen-bond acceptors (Lipinski definition) is 5. The van der Waals surface area contributed by atoms with Crippen LogP contribution in [0.3, 0.4) is 0 Å². The fourth-order valence-corrected chi connectivity index (χ4v) is 5.84. The number of halogens is 1. The quantitative estimate of drug-likeness (QED) is 0.717. The van der Waals surface area contributed by atoms with Crippen molar-refractivity contribution in [3.63, 3.8) is 0 Å². The lowest BCUT2D eigenvalue weighted by Gasteiger charge is -2.34. The van der Waals surface area contributed by atoms with Crippen LogP contribution < -0.4 is 10.2 Å². The lowest BCUT2D eigenvalue weighted by molar-refractivity contribution is -0.120. The highest BCUT2D eigenvalue weighted by Gasteiger charge is 2.33. The largest absolute Gasteiger partial charge is 0.369 e. The van der Waals surface area contributed by atoms with E-state index in [-0.39, 0.29) is 23.3 Å². The monoisotopic (exact) mass is 476 g/mol. The van der Waals surface area contributed by atoms with Gasteiger partial charge in [0, 0.05) is 55.7 Å². The van der Waals surface area contributed by atoms with E-state index in [0.29, 0.717) is 24.4 Å². The molecule has 0 radical (unpaired) electrons. The Bertz CT molecular complexity index is 1040. The topological polar surface area (TPSA) is 73.0 Å². The lowest BCUT2D eigenvalue weighted by atomic mass is 9.98. The van der Waals surface area contributed by atoms with Gasteiger partial charge in [0.05, 0.1) is 10.8 Å². The summed E-state index contributed by atoms with van der Waals surface area (Å²) >= 11 is 5.88. The van der Waals surface area contributed by atoms with E-state index in [1.54, 1.807) is 12.1 Å². The van der Waals surface area contributed by atoms with Crippen molar-refractivity contribution in [2.45, 2.75) is 17.7 Å². The molecule has 1 amide bonds. The molecule has 32 heavy (non-hydrogen) atoms. The van der Waals surface area contributed by atoms with Crippen LogP contribution in [-0.2, 0) is 14.8 Å². The number of likely N-dealkylation sites (N-methyl/N-ethyl adjacent to an activating group) is 1. The number of rotatable bonds is 5. The summed E-state index contributed by atoms with van der Waals surface area (Å²) in [5.74, 6) is -0.531. The molecular formula is C23H29ClN4O3S. The van der Waals surface area contributed by atoms with Crippen molar-refractivity contribution in [2.24, 2.45) is 5.92 Å². The van der Waals surface area contributed by atoms with Crippen molar-refractivity contribution in [3.05, 3.63) is 53.6 Å². The average Bonchev–Trinajstić information content (AvgIpc) is 2.80. The van der Waals surface area contributed by atoms with Crippen LogP contribution in [-0.4, -0.2) is 69.8 Å². The van der Waals surface area contributed by atoms with Gasteiger partial charge in [-0.15, -0.1) is 0 Å². The second kappa shape index (κ2) is 9.79. The summed E-state index contributed by atoms with van der Waals surface area (Å²) in [6, 6.07) is 14.0. The Balaban J connectivity index is 1.37. The molecule has 2 aromatic carbocycles. The molecule has 9 heteroatoms. The molecule has 172 valence electrons. The number of sulfonamides is 1. The fourth-order valence-electron chi connectivity index (χ4n) is 4.19. The minimum Gasteiger partial charge on any atom is -0.369 e. The number of anilines is 2. The molecule has 2 aliphatic heterocycles. The standard InChI is InChI=1S/C23H29ClN4O3S/c1-26-13-15-27(16-14-26)21-8-6-20(7-9-21)25-23(29)18-3-2-12-28(17-18)32(30,31)22-10-4-19(24)5-11-22/h4-11,18H,2-3,12-17H2,1H3,(H,25,29). The van der Waals surface area contributed by atoms with Crippen LogP contribution in [0.4, 0.5) is 11.4 Å². The Morgan fingerprint density at radius 2 is 1.62 bits per heavy atom. The predicted octanol–water partition coefficient (Wildman–Crippen LogP) is 3.13. The molecule has 2 aliphatic rings. The number of amides is 1. The number of nitrogens with one attached hydrogen (secondary N) is 1. The highest BCUT2D eigenvalue weighted by atomic mass is 35.5. The number of piperazine rings is 1. The van der Waals surface area contributed by atoms with Gasteiger partial charge in [-0.1, -0.05) is 11.6 Å². The summed E-state index contributed by atoms with van der Waals surface area (Å²) in [6.45, 7) is 4.64. The van der Waals surface area contributed by atoms with Gasteiger partial charge in [-0.25, -0.2) is 8.42 Å². The molecule has 0 bridgehead atoms. The number of carbonyl (C=O) groups excluding carboxylic acids is 1. The van der Waals surface area contributed by atoms with Gasteiger partial charge >= 0.3 is 0 Å². The Morgan fingerprint density at radius 3 is 2.28 bits per heavy atom. The van der Waals surface area contributed by atoms with Crippen molar-refractivity contribution in [1.82, 2.24) is 9.21 Å². The van der Waals surface area contributed by atoms with Gasteiger partial charge in [-0.2, -0.15) is 4.31 Å². The first-order valence-corrected chi connectivity index (χ1v) is 12.7. The Morgan fingerprint density at radius 1 is 0.969 bits per heavy atom. The van der Waals surface area contributed by atoms with Crippen molar-refractivity contribution < 1.29 is 13.2 Å². The Kier molecular flexibility index (Phi) is 7.05.